The third-order valence-corrected chi connectivity index (χ3v) is 5.27. The van der Waals surface area contributed by atoms with Crippen LogP contribution in [0.5, 0.6) is 0 Å². The van der Waals surface area contributed by atoms with Gasteiger partial charge in [0.1, 0.15) is 5.69 Å². The number of H-pyrrole nitrogens is 2. The zero-order chi connectivity index (χ0) is 19.9. The molecule has 0 bridgehead atoms. The van der Waals surface area contributed by atoms with Gasteiger partial charge in [0.15, 0.2) is 0 Å². The molecule has 0 unspecified atom stereocenters. The van der Waals surface area contributed by atoms with Crippen molar-refractivity contribution in [2.75, 3.05) is 0 Å². The first kappa shape index (κ1) is 16.6. The summed E-state index contributed by atoms with van der Waals surface area (Å²) in [5.74, 6) is 0. The molecule has 6 aromatic rings. The predicted octanol–water partition coefficient (Wildman–Crippen LogP) is 5.23. The van der Waals surface area contributed by atoms with Crippen molar-refractivity contribution in [2.45, 2.75) is 0 Å². The van der Waals surface area contributed by atoms with Crippen LogP contribution in [0.25, 0.3) is 55.7 Å². The summed E-state index contributed by atoms with van der Waals surface area (Å²) in [7, 11) is 0. The largest absolute Gasteiger partial charge is 0.353 e. The molecule has 0 atom stereocenters. The first-order chi connectivity index (χ1) is 14.9. The van der Waals surface area contributed by atoms with E-state index in [1.54, 1.807) is 18.6 Å². The Morgan fingerprint density at radius 3 is 2.57 bits per heavy atom. The Balaban J connectivity index is 1.52. The number of nitrogens with zero attached hydrogens (tertiary/aromatic N) is 4. The fourth-order valence-corrected chi connectivity index (χ4v) is 3.83. The van der Waals surface area contributed by atoms with Crippen LogP contribution in [-0.4, -0.2) is 30.1 Å². The molecule has 0 aliphatic carbocycles. The van der Waals surface area contributed by atoms with Crippen molar-refractivity contribution in [3.8, 4) is 33.9 Å². The van der Waals surface area contributed by atoms with Crippen molar-refractivity contribution in [1.29, 1.82) is 0 Å². The summed E-state index contributed by atoms with van der Waals surface area (Å²) in [6.07, 6.45) is 7.25. The lowest BCUT2D eigenvalue weighted by Crippen LogP contribution is -1.86. The van der Waals surface area contributed by atoms with E-state index in [0.29, 0.717) is 0 Å². The molecule has 0 amide bonds. The lowest BCUT2D eigenvalue weighted by Gasteiger charge is -2.02. The minimum absolute atomic E-state index is 0.818. The summed E-state index contributed by atoms with van der Waals surface area (Å²) in [6, 6.07) is 20.3. The van der Waals surface area contributed by atoms with Crippen LogP contribution >= 0.6 is 0 Å². The van der Waals surface area contributed by atoms with Gasteiger partial charge in [0.05, 0.1) is 28.8 Å². The smallest absolute Gasteiger partial charge is 0.116 e. The fraction of sp³-hybridized carbons (Fsp3) is 0. The van der Waals surface area contributed by atoms with E-state index in [-0.39, 0.29) is 0 Å². The van der Waals surface area contributed by atoms with Gasteiger partial charge < -0.3 is 4.98 Å². The Kier molecular flexibility index (Phi) is 3.67. The van der Waals surface area contributed by atoms with Crippen LogP contribution < -0.4 is 0 Å². The molecular formula is C24H16N6. The van der Waals surface area contributed by atoms with Gasteiger partial charge in [-0.2, -0.15) is 5.10 Å². The molecule has 0 fully saturated rings. The maximum atomic E-state index is 4.57. The van der Waals surface area contributed by atoms with Crippen LogP contribution in [0.15, 0.2) is 85.5 Å². The minimum atomic E-state index is 0.818. The molecule has 5 aromatic heterocycles. The normalized spacial score (nSPS) is 11.3. The van der Waals surface area contributed by atoms with Crippen molar-refractivity contribution in [3.63, 3.8) is 0 Å². The molecule has 0 aliphatic rings. The molecule has 0 saturated heterocycles. The minimum Gasteiger partial charge on any atom is -0.353 e. The lowest BCUT2D eigenvalue weighted by molar-refractivity contribution is 1.11. The van der Waals surface area contributed by atoms with Crippen LogP contribution in [0, 0.1) is 0 Å². The second-order valence-corrected chi connectivity index (χ2v) is 7.09. The van der Waals surface area contributed by atoms with Gasteiger partial charge in [-0.1, -0.05) is 24.3 Å². The first-order valence-electron chi connectivity index (χ1n) is 9.65. The van der Waals surface area contributed by atoms with E-state index in [1.807, 2.05) is 36.5 Å². The Bertz CT molecular complexity index is 1480. The molecule has 0 aliphatic heterocycles. The molecule has 0 radical (unpaired) electrons. The maximum Gasteiger partial charge on any atom is 0.116 e. The fourth-order valence-electron chi connectivity index (χ4n) is 3.83. The number of aromatic nitrogens is 6. The second kappa shape index (κ2) is 6.63. The highest BCUT2D eigenvalue weighted by Gasteiger charge is 2.15. The number of aromatic amines is 2. The van der Waals surface area contributed by atoms with Crippen LogP contribution in [0.2, 0.25) is 0 Å². The van der Waals surface area contributed by atoms with E-state index >= 15 is 0 Å². The molecule has 6 rings (SSSR count). The Morgan fingerprint density at radius 1 is 0.700 bits per heavy atom. The molecule has 6 nitrogen and oxygen atoms in total. The summed E-state index contributed by atoms with van der Waals surface area (Å²) >= 11 is 0. The summed E-state index contributed by atoms with van der Waals surface area (Å²) in [4.78, 5) is 16.7. The summed E-state index contributed by atoms with van der Waals surface area (Å²) < 4.78 is 0. The summed E-state index contributed by atoms with van der Waals surface area (Å²) in [5.41, 5.74) is 7.63. The van der Waals surface area contributed by atoms with Crippen LogP contribution in [0.3, 0.4) is 0 Å². The third kappa shape index (κ3) is 2.66. The van der Waals surface area contributed by atoms with E-state index in [0.717, 1.165) is 55.7 Å². The van der Waals surface area contributed by atoms with Crippen molar-refractivity contribution >= 4 is 21.8 Å². The molecule has 142 valence electrons. The zero-order valence-corrected chi connectivity index (χ0v) is 15.9. The van der Waals surface area contributed by atoms with Gasteiger partial charge >= 0.3 is 0 Å². The number of rotatable bonds is 3. The quantitative estimate of drug-likeness (QED) is 0.435. The summed E-state index contributed by atoms with van der Waals surface area (Å²) in [5, 5.41) is 9.80. The predicted molar refractivity (Wildman–Crippen MR) is 118 cm³/mol. The Morgan fingerprint density at radius 2 is 1.70 bits per heavy atom. The standard InChI is InChI=1S/C24H16N6/c1-2-10-26-20(7-1)21-12-18-23(14-27-21)29-30-24(18)22-11-17-16(6-3-8-19(17)28-22)15-5-4-9-25-13-15/h1-14,28H,(H,29,30). The first-order valence-corrected chi connectivity index (χ1v) is 9.65. The highest BCUT2D eigenvalue weighted by Crippen LogP contribution is 2.34. The van der Waals surface area contributed by atoms with E-state index < -0.39 is 0 Å². The van der Waals surface area contributed by atoms with Crippen LogP contribution in [0.1, 0.15) is 0 Å². The monoisotopic (exact) mass is 388 g/mol. The topological polar surface area (TPSA) is 83.1 Å². The van der Waals surface area contributed by atoms with Crippen LogP contribution in [0.4, 0.5) is 0 Å². The van der Waals surface area contributed by atoms with E-state index in [4.69, 9.17) is 0 Å². The van der Waals surface area contributed by atoms with Gasteiger partial charge in [-0.3, -0.25) is 20.1 Å². The molecule has 0 spiro atoms. The van der Waals surface area contributed by atoms with Crippen molar-refractivity contribution < 1.29 is 0 Å². The van der Waals surface area contributed by atoms with Crippen molar-refractivity contribution in [1.82, 2.24) is 30.1 Å². The number of pyridine rings is 3. The molecule has 6 heteroatoms. The Hall–Kier alpha value is -4.32. The van der Waals surface area contributed by atoms with Crippen molar-refractivity contribution in [2.24, 2.45) is 0 Å². The molecule has 1 aromatic carbocycles. The van der Waals surface area contributed by atoms with Crippen LogP contribution in [-0.2, 0) is 0 Å². The van der Waals surface area contributed by atoms with E-state index in [9.17, 15) is 0 Å². The highest BCUT2D eigenvalue weighted by molar-refractivity contribution is 6.01. The van der Waals surface area contributed by atoms with E-state index in [2.05, 4.69) is 60.5 Å². The number of nitrogens with one attached hydrogen (secondary N) is 2. The van der Waals surface area contributed by atoms with Gasteiger partial charge in [-0.25, -0.2) is 0 Å². The zero-order valence-electron chi connectivity index (χ0n) is 15.9. The molecule has 30 heavy (non-hydrogen) atoms. The maximum absolute atomic E-state index is 4.57. The second-order valence-electron chi connectivity index (χ2n) is 7.09. The number of hydrogen-bond donors (Lipinski definition) is 2. The summed E-state index contributed by atoms with van der Waals surface area (Å²) in [6.45, 7) is 0. The van der Waals surface area contributed by atoms with Gasteiger partial charge in [0.25, 0.3) is 0 Å². The lowest BCUT2D eigenvalue weighted by atomic mass is 10.0. The number of hydrogen-bond acceptors (Lipinski definition) is 4. The average molecular weight is 388 g/mol. The molecular weight excluding hydrogens is 372 g/mol. The third-order valence-electron chi connectivity index (χ3n) is 5.27. The number of fused-ring (bicyclic) bond motifs is 2. The van der Waals surface area contributed by atoms with Gasteiger partial charge in [-0.05, 0) is 42.0 Å². The van der Waals surface area contributed by atoms with Gasteiger partial charge in [0.2, 0.25) is 0 Å². The SMILES string of the molecule is c1ccc(-c2cc3c(-c4cc5c(-c6cccnc6)cccc5[nH]4)n[nH]c3cn2)nc1. The Labute approximate surface area is 171 Å². The van der Waals surface area contributed by atoms with Crippen molar-refractivity contribution in [3.05, 3.63) is 85.5 Å². The molecule has 5 heterocycles. The van der Waals surface area contributed by atoms with E-state index in [1.165, 1.54) is 0 Å². The average Bonchev–Trinajstić information content (AvgIpc) is 3.43. The van der Waals surface area contributed by atoms with Gasteiger partial charge in [-0.15, -0.1) is 0 Å². The molecule has 2 N–H and O–H groups in total. The van der Waals surface area contributed by atoms with Gasteiger partial charge in [0, 0.05) is 40.4 Å². The molecule has 0 saturated carbocycles. The number of benzene rings is 1. The highest BCUT2D eigenvalue weighted by atomic mass is 15.1.